The molecule has 0 aliphatic carbocycles. The van der Waals surface area contributed by atoms with Crippen LogP contribution in [-0.4, -0.2) is 19.1 Å². The lowest BCUT2D eigenvalue weighted by Gasteiger charge is -2.30. The number of benzene rings is 2. The lowest BCUT2D eigenvalue weighted by Crippen LogP contribution is -2.33. The summed E-state index contributed by atoms with van der Waals surface area (Å²) in [5, 5.41) is 12.3. The smallest absolute Gasteiger partial charge is 0.251 e. The highest BCUT2D eigenvalue weighted by atomic mass is 19.2. The van der Waals surface area contributed by atoms with Crippen molar-refractivity contribution in [2.75, 3.05) is 13.2 Å². The fourth-order valence-corrected chi connectivity index (χ4v) is 3.66. The Labute approximate surface area is 198 Å². The molecule has 174 valence electrons. The molecule has 4 nitrogen and oxygen atoms in total. The highest BCUT2D eigenvalue weighted by Gasteiger charge is 2.33. The van der Waals surface area contributed by atoms with Crippen molar-refractivity contribution < 1.29 is 18.3 Å². The van der Waals surface area contributed by atoms with Gasteiger partial charge in [-0.1, -0.05) is 55.1 Å². The third kappa shape index (κ3) is 5.56. The van der Waals surface area contributed by atoms with Gasteiger partial charge in [0.2, 0.25) is 0 Å². The lowest BCUT2D eigenvalue weighted by molar-refractivity contribution is 0.0757. The van der Waals surface area contributed by atoms with Crippen molar-refractivity contribution in [3.8, 4) is 6.07 Å². The molecule has 2 aromatic rings. The number of allylic oxidation sites excluding steroid dienone is 4. The summed E-state index contributed by atoms with van der Waals surface area (Å²) >= 11 is 0. The second-order valence-corrected chi connectivity index (χ2v) is 8.24. The van der Waals surface area contributed by atoms with Crippen molar-refractivity contribution in [2.24, 2.45) is 0 Å². The molecule has 0 fully saturated rings. The van der Waals surface area contributed by atoms with Gasteiger partial charge in [-0.05, 0) is 48.8 Å². The highest BCUT2D eigenvalue weighted by molar-refractivity contribution is 5.94. The Morgan fingerprint density at radius 3 is 2.65 bits per heavy atom. The van der Waals surface area contributed by atoms with Gasteiger partial charge in [0.15, 0.2) is 11.7 Å². The normalized spacial score (nSPS) is 18.6. The van der Waals surface area contributed by atoms with Crippen LogP contribution in [0.5, 0.6) is 0 Å². The van der Waals surface area contributed by atoms with Crippen LogP contribution in [0.1, 0.15) is 40.9 Å². The van der Waals surface area contributed by atoms with E-state index in [0.717, 1.165) is 11.1 Å². The zero-order valence-electron chi connectivity index (χ0n) is 19.2. The average molecular weight is 461 g/mol. The summed E-state index contributed by atoms with van der Waals surface area (Å²) in [6, 6.07) is 15.4. The third-order valence-electron chi connectivity index (χ3n) is 5.52. The fourth-order valence-electron chi connectivity index (χ4n) is 3.66. The van der Waals surface area contributed by atoms with Crippen LogP contribution in [0, 0.1) is 11.3 Å². The van der Waals surface area contributed by atoms with Crippen molar-refractivity contribution in [2.45, 2.75) is 25.9 Å². The van der Waals surface area contributed by atoms with E-state index < -0.39 is 17.1 Å². The zero-order chi connectivity index (χ0) is 24.7. The second-order valence-electron chi connectivity index (χ2n) is 8.24. The van der Waals surface area contributed by atoms with E-state index in [9.17, 15) is 18.8 Å². The van der Waals surface area contributed by atoms with E-state index in [1.165, 1.54) is 24.3 Å². The number of carbonyl (C=O) groups excluding carboxylic acids is 1. The van der Waals surface area contributed by atoms with E-state index in [1.54, 1.807) is 56.3 Å². The second kappa shape index (κ2) is 10.9. The van der Waals surface area contributed by atoms with Gasteiger partial charge in [-0.25, -0.2) is 8.78 Å². The number of rotatable bonds is 7. The number of nitrogens with one attached hydrogen (secondary N) is 1. The molecule has 2 aromatic carbocycles. The summed E-state index contributed by atoms with van der Waals surface area (Å²) in [6.07, 6.45) is 4.44. The zero-order valence-corrected chi connectivity index (χ0v) is 19.2. The van der Waals surface area contributed by atoms with Crippen molar-refractivity contribution in [1.29, 1.82) is 5.26 Å². The summed E-state index contributed by atoms with van der Waals surface area (Å²) in [5.74, 6) is -2.34. The van der Waals surface area contributed by atoms with Crippen molar-refractivity contribution in [3.63, 3.8) is 0 Å². The number of amides is 1. The van der Waals surface area contributed by atoms with Gasteiger partial charge >= 0.3 is 0 Å². The SMILES string of the molecule is C=C(/C=C(\C=C/C)C(/F)=C(\F)c1ccccc1)CNC(=O)c1ccc2c(c1)[C@](C)(C#N)COC2. The van der Waals surface area contributed by atoms with Crippen LogP contribution in [-0.2, 0) is 16.8 Å². The van der Waals surface area contributed by atoms with Crippen LogP contribution in [0.3, 0.4) is 0 Å². The van der Waals surface area contributed by atoms with E-state index in [2.05, 4.69) is 18.0 Å². The van der Waals surface area contributed by atoms with Crippen molar-refractivity contribution in [3.05, 3.63) is 113 Å². The number of halogens is 2. The minimum absolute atomic E-state index is 0.0154. The summed E-state index contributed by atoms with van der Waals surface area (Å²) in [6.45, 7) is 8.03. The van der Waals surface area contributed by atoms with Gasteiger partial charge in [0.05, 0.1) is 19.3 Å². The molecular formula is C28H26F2N2O2. The Hall–Kier alpha value is -3.82. The number of nitrogens with zero attached hydrogens (tertiary/aromatic N) is 1. The van der Waals surface area contributed by atoms with Crippen molar-refractivity contribution >= 4 is 11.7 Å². The summed E-state index contributed by atoms with van der Waals surface area (Å²) < 4.78 is 35.0. The predicted molar refractivity (Wildman–Crippen MR) is 129 cm³/mol. The van der Waals surface area contributed by atoms with Crippen LogP contribution in [0.4, 0.5) is 8.78 Å². The number of hydrogen-bond donors (Lipinski definition) is 1. The quantitative estimate of drug-likeness (QED) is 0.508. The van der Waals surface area contributed by atoms with Crippen LogP contribution < -0.4 is 5.32 Å². The molecule has 1 N–H and O–H groups in total. The standard InChI is InChI=1S/C28H26F2N2O2/c1-4-8-21(26(30)25(29)20-9-6-5-7-10-20)13-19(2)15-32-27(33)22-11-12-23-16-34-18-28(3,17-31)24(23)14-22/h4-14H,2,15-16,18H2,1,3H3,(H,32,33)/b8-4-,21-13+,26-25+/t28-/m1/s1. The maximum absolute atomic E-state index is 14.8. The molecule has 1 atom stereocenters. The molecule has 0 aromatic heterocycles. The molecular weight excluding hydrogens is 434 g/mol. The monoisotopic (exact) mass is 460 g/mol. The van der Waals surface area contributed by atoms with E-state index in [4.69, 9.17) is 4.74 Å². The summed E-state index contributed by atoms with van der Waals surface area (Å²) in [7, 11) is 0. The van der Waals surface area contributed by atoms with Gasteiger partial charge in [-0.15, -0.1) is 0 Å². The number of nitriles is 1. The van der Waals surface area contributed by atoms with Crippen LogP contribution in [0.25, 0.3) is 5.83 Å². The molecule has 6 heteroatoms. The largest absolute Gasteiger partial charge is 0.375 e. The Bertz CT molecular complexity index is 1220. The Morgan fingerprint density at radius 1 is 1.24 bits per heavy atom. The molecule has 3 rings (SSSR count). The summed E-state index contributed by atoms with van der Waals surface area (Å²) in [5.41, 5.74) is 1.76. The molecule has 0 radical (unpaired) electrons. The van der Waals surface area contributed by atoms with Gasteiger partial charge in [0.1, 0.15) is 5.41 Å². The molecule has 0 unspecified atom stereocenters. The van der Waals surface area contributed by atoms with Crippen LogP contribution in [0.2, 0.25) is 0 Å². The number of ether oxygens (including phenoxy) is 1. The van der Waals surface area contributed by atoms with E-state index in [1.807, 2.05) is 0 Å². The average Bonchev–Trinajstić information content (AvgIpc) is 2.86. The molecule has 1 aliphatic heterocycles. The number of carbonyl (C=O) groups is 1. The van der Waals surface area contributed by atoms with E-state index in [-0.39, 0.29) is 30.2 Å². The molecule has 1 aliphatic rings. The Balaban J connectivity index is 1.75. The third-order valence-corrected chi connectivity index (χ3v) is 5.52. The minimum atomic E-state index is -1.01. The lowest BCUT2D eigenvalue weighted by atomic mass is 9.79. The van der Waals surface area contributed by atoms with Crippen molar-refractivity contribution in [1.82, 2.24) is 5.32 Å². The molecule has 0 bridgehead atoms. The number of fused-ring (bicyclic) bond motifs is 1. The molecule has 34 heavy (non-hydrogen) atoms. The first-order valence-electron chi connectivity index (χ1n) is 10.8. The van der Waals surface area contributed by atoms with Gasteiger partial charge in [0, 0.05) is 23.2 Å². The van der Waals surface area contributed by atoms with E-state index >= 15 is 0 Å². The first-order chi connectivity index (χ1) is 16.3. The Morgan fingerprint density at radius 2 is 1.97 bits per heavy atom. The van der Waals surface area contributed by atoms with Crippen LogP contribution >= 0.6 is 0 Å². The molecule has 0 spiro atoms. The van der Waals surface area contributed by atoms with Gasteiger partial charge in [-0.3, -0.25) is 4.79 Å². The number of hydrogen-bond acceptors (Lipinski definition) is 3. The minimum Gasteiger partial charge on any atom is -0.375 e. The predicted octanol–water partition coefficient (Wildman–Crippen LogP) is 6.09. The first-order valence-corrected chi connectivity index (χ1v) is 10.8. The maximum atomic E-state index is 14.8. The van der Waals surface area contributed by atoms with Gasteiger partial charge in [0.25, 0.3) is 5.91 Å². The fraction of sp³-hybridized carbons (Fsp3) is 0.214. The Kier molecular flexibility index (Phi) is 7.93. The maximum Gasteiger partial charge on any atom is 0.251 e. The van der Waals surface area contributed by atoms with Gasteiger partial charge in [-0.2, -0.15) is 5.26 Å². The van der Waals surface area contributed by atoms with Gasteiger partial charge < -0.3 is 10.1 Å². The molecule has 0 saturated carbocycles. The molecule has 1 amide bonds. The highest BCUT2D eigenvalue weighted by Crippen LogP contribution is 2.32. The topological polar surface area (TPSA) is 62.1 Å². The summed E-state index contributed by atoms with van der Waals surface area (Å²) in [4.78, 5) is 12.7. The molecule has 0 saturated heterocycles. The molecule has 1 heterocycles. The van der Waals surface area contributed by atoms with Crippen LogP contribution in [0.15, 0.2) is 90.3 Å². The first kappa shape index (κ1) is 24.8. The van der Waals surface area contributed by atoms with E-state index in [0.29, 0.717) is 17.7 Å².